The van der Waals surface area contributed by atoms with Gasteiger partial charge in [0, 0.05) is 17.8 Å². The van der Waals surface area contributed by atoms with E-state index in [9.17, 15) is 0 Å². The molecule has 2 N–H and O–H groups in total. The normalized spacial score (nSPS) is 13.0. The van der Waals surface area contributed by atoms with E-state index in [1.807, 2.05) is 19.2 Å². The number of nitrogens with zero attached hydrogens (tertiary/aromatic N) is 3. The minimum atomic E-state index is 0.113. The lowest BCUT2D eigenvalue weighted by Gasteiger charge is -1.98. The Morgan fingerprint density at radius 2 is 2.33 bits per heavy atom. The molecule has 0 aliphatic rings. The maximum Gasteiger partial charge on any atom is 0.277 e. The van der Waals surface area contributed by atoms with E-state index < -0.39 is 0 Å². The second kappa shape index (κ2) is 4.08. The molecule has 0 aliphatic heterocycles. The molecule has 2 aromatic rings. The van der Waals surface area contributed by atoms with Crippen LogP contribution < -0.4 is 5.73 Å². The molecule has 0 fully saturated rings. The van der Waals surface area contributed by atoms with E-state index in [1.54, 1.807) is 11.3 Å². The largest absolute Gasteiger partial charge is 0.332 e. The van der Waals surface area contributed by atoms with Crippen molar-refractivity contribution in [3.8, 4) is 11.6 Å². The Balaban J connectivity index is 2.27. The maximum atomic E-state index is 5.52. The second-order valence-electron chi connectivity index (χ2n) is 3.35. The predicted molar refractivity (Wildman–Crippen MR) is 57.6 cm³/mol. The Bertz CT molecular complexity index is 450. The summed E-state index contributed by atoms with van der Waals surface area (Å²) in [4.78, 5) is 8.52. The summed E-state index contributed by atoms with van der Waals surface area (Å²) >= 11 is 1.56. The molecule has 2 aromatic heterocycles. The lowest BCUT2D eigenvalue weighted by atomic mass is 10.2. The summed E-state index contributed by atoms with van der Waals surface area (Å²) in [5.74, 6) is 1.22. The smallest absolute Gasteiger partial charge is 0.277 e. The quantitative estimate of drug-likeness (QED) is 0.856. The van der Waals surface area contributed by atoms with Crippen LogP contribution in [0.25, 0.3) is 11.6 Å². The topological polar surface area (TPSA) is 77.8 Å². The fraction of sp³-hybridized carbons (Fsp3) is 0.444. The molecule has 5 nitrogen and oxygen atoms in total. The Morgan fingerprint density at radius 1 is 1.53 bits per heavy atom. The zero-order valence-electron chi connectivity index (χ0n) is 8.60. The van der Waals surface area contributed by atoms with E-state index in [0.717, 1.165) is 10.7 Å². The number of rotatable bonds is 3. The third-order valence-electron chi connectivity index (χ3n) is 2.07. The minimum Gasteiger partial charge on any atom is -0.332 e. The number of aryl methyl sites for hydroxylation is 1. The molecule has 15 heavy (non-hydrogen) atoms. The van der Waals surface area contributed by atoms with Gasteiger partial charge in [0.25, 0.3) is 5.89 Å². The van der Waals surface area contributed by atoms with Crippen LogP contribution in [0.2, 0.25) is 0 Å². The summed E-state index contributed by atoms with van der Waals surface area (Å²) in [5.41, 5.74) is 6.26. The number of hydrogen-bond acceptors (Lipinski definition) is 6. The van der Waals surface area contributed by atoms with E-state index in [2.05, 4.69) is 15.1 Å². The fourth-order valence-corrected chi connectivity index (χ4v) is 1.69. The monoisotopic (exact) mass is 224 g/mol. The van der Waals surface area contributed by atoms with Gasteiger partial charge in [0.05, 0.1) is 5.01 Å². The summed E-state index contributed by atoms with van der Waals surface area (Å²) in [6.45, 7) is 4.41. The van der Waals surface area contributed by atoms with Gasteiger partial charge in [-0.25, -0.2) is 4.98 Å². The number of thiazole rings is 1. The molecule has 0 bridgehead atoms. The maximum absolute atomic E-state index is 5.52. The highest BCUT2D eigenvalue weighted by atomic mass is 32.1. The van der Waals surface area contributed by atoms with Gasteiger partial charge in [-0.05, 0) is 6.92 Å². The molecule has 0 saturated carbocycles. The molecule has 6 heteroatoms. The van der Waals surface area contributed by atoms with Crippen molar-refractivity contribution in [1.29, 1.82) is 0 Å². The van der Waals surface area contributed by atoms with Gasteiger partial charge in [-0.15, -0.1) is 11.3 Å². The van der Waals surface area contributed by atoms with Gasteiger partial charge < -0.3 is 10.3 Å². The molecule has 0 aromatic carbocycles. The van der Waals surface area contributed by atoms with Gasteiger partial charge in [0.2, 0.25) is 0 Å². The molecule has 0 aliphatic carbocycles. The van der Waals surface area contributed by atoms with Crippen LogP contribution in [0.3, 0.4) is 0 Å². The van der Waals surface area contributed by atoms with Crippen molar-refractivity contribution < 1.29 is 4.52 Å². The number of nitrogens with two attached hydrogens (primary N) is 1. The molecule has 0 saturated heterocycles. The molecule has 0 radical (unpaired) electrons. The molecule has 2 heterocycles. The van der Waals surface area contributed by atoms with Crippen molar-refractivity contribution in [3.63, 3.8) is 0 Å². The van der Waals surface area contributed by atoms with E-state index in [0.29, 0.717) is 18.3 Å². The SMILES string of the molecule is Cc1nc(-c2nc(C(C)CN)no2)cs1. The highest BCUT2D eigenvalue weighted by Crippen LogP contribution is 2.21. The van der Waals surface area contributed by atoms with Crippen LogP contribution in [0.4, 0.5) is 0 Å². The van der Waals surface area contributed by atoms with Crippen LogP contribution in [-0.2, 0) is 0 Å². The zero-order chi connectivity index (χ0) is 10.8. The van der Waals surface area contributed by atoms with Crippen LogP contribution in [0.5, 0.6) is 0 Å². The van der Waals surface area contributed by atoms with Crippen LogP contribution in [0, 0.1) is 6.92 Å². The molecule has 80 valence electrons. The lowest BCUT2D eigenvalue weighted by Crippen LogP contribution is -2.10. The first-order chi connectivity index (χ1) is 7.20. The lowest BCUT2D eigenvalue weighted by molar-refractivity contribution is 0.417. The average Bonchev–Trinajstić information content (AvgIpc) is 2.84. The van der Waals surface area contributed by atoms with Gasteiger partial charge >= 0.3 is 0 Å². The third kappa shape index (κ3) is 2.05. The fourth-order valence-electron chi connectivity index (χ4n) is 1.11. The second-order valence-corrected chi connectivity index (χ2v) is 4.41. The molecule has 0 spiro atoms. The van der Waals surface area contributed by atoms with Gasteiger partial charge in [-0.1, -0.05) is 12.1 Å². The highest BCUT2D eigenvalue weighted by molar-refractivity contribution is 7.09. The minimum absolute atomic E-state index is 0.113. The van der Waals surface area contributed by atoms with Crippen molar-refractivity contribution in [2.24, 2.45) is 5.73 Å². The van der Waals surface area contributed by atoms with E-state index in [-0.39, 0.29) is 5.92 Å². The van der Waals surface area contributed by atoms with Crippen molar-refractivity contribution in [1.82, 2.24) is 15.1 Å². The number of aromatic nitrogens is 3. The predicted octanol–water partition coefficient (Wildman–Crippen LogP) is 1.56. The Labute approximate surface area is 91.3 Å². The van der Waals surface area contributed by atoms with E-state index in [1.165, 1.54) is 0 Å². The molecule has 0 amide bonds. The molecule has 1 atom stereocenters. The third-order valence-corrected chi connectivity index (χ3v) is 2.85. The first-order valence-corrected chi connectivity index (χ1v) is 5.55. The first-order valence-electron chi connectivity index (χ1n) is 4.67. The molecular weight excluding hydrogens is 212 g/mol. The van der Waals surface area contributed by atoms with Crippen molar-refractivity contribution in [2.75, 3.05) is 6.54 Å². The van der Waals surface area contributed by atoms with Crippen LogP contribution in [-0.4, -0.2) is 21.7 Å². The van der Waals surface area contributed by atoms with E-state index in [4.69, 9.17) is 10.3 Å². The molecule has 1 unspecified atom stereocenters. The van der Waals surface area contributed by atoms with Crippen molar-refractivity contribution in [2.45, 2.75) is 19.8 Å². The highest BCUT2D eigenvalue weighted by Gasteiger charge is 2.15. The van der Waals surface area contributed by atoms with Crippen LogP contribution in [0.1, 0.15) is 23.7 Å². The standard InChI is InChI=1S/C9H12N4OS/c1-5(3-10)8-12-9(14-13-8)7-4-15-6(2)11-7/h4-5H,3,10H2,1-2H3. The summed E-state index contributed by atoms with van der Waals surface area (Å²) in [6.07, 6.45) is 0. The number of hydrogen-bond donors (Lipinski definition) is 1. The average molecular weight is 224 g/mol. The van der Waals surface area contributed by atoms with Crippen molar-refractivity contribution >= 4 is 11.3 Å². The summed E-state index contributed by atoms with van der Waals surface area (Å²) in [6, 6.07) is 0. The van der Waals surface area contributed by atoms with Gasteiger partial charge in [-0.2, -0.15) is 4.98 Å². The van der Waals surface area contributed by atoms with Crippen LogP contribution in [0.15, 0.2) is 9.90 Å². The molecule has 2 rings (SSSR count). The van der Waals surface area contributed by atoms with E-state index >= 15 is 0 Å². The summed E-state index contributed by atoms with van der Waals surface area (Å²) in [7, 11) is 0. The zero-order valence-corrected chi connectivity index (χ0v) is 9.41. The van der Waals surface area contributed by atoms with Gasteiger partial charge in [0.1, 0.15) is 5.69 Å². The van der Waals surface area contributed by atoms with Gasteiger partial charge in [0.15, 0.2) is 5.82 Å². The van der Waals surface area contributed by atoms with Crippen LogP contribution >= 0.6 is 11.3 Å². The Hall–Kier alpha value is -1.27. The Morgan fingerprint density at radius 3 is 2.93 bits per heavy atom. The Kier molecular flexibility index (Phi) is 2.79. The van der Waals surface area contributed by atoms with Gasteiger partial charge in [-0.3, -0.25) is 0 Å². The summed E-state index contributed by atoms with van der Waals surface area (Å²) < 4.78 is 5.11. The molecular formula is C9H12N4OS. The van der Waals surface area contributed by atoms with Crippen molar-refractivity contribution in [3.05, 3.63) is 16.2 Å². The summed E-state index contributed by atoms with van der Waals surface area (Å²) in [5, 5.41) is 6.76. The first kappa shape index (κ1) is 10.3.